The van der Waals surface area contributed by atoms with E-state index in [0.717, 1.165) is 24.8 Å². The minimum atomic E-state index is -1.50. The Bertz CT molecular complexity index is 657. The molecule has 1 saturated carbocycles. The van der Waals surface area contributed by atoms with E-state index in [1.54, 1.807) is 12.1 Å². The van der Waals surface area contributed by atoms with Crippen molar-refractivity contribution in [2.75, 3.05) is 19.6 Å². The Morgan fingerprint density at radius 2 is 1.92 bits per heavy atom. The van der Waals surface area contributed by atoms with Crippen LogP contribution in [0.3, 0.4) is 0 Å². The van der Waals surface area contributed by atoms with Gasteiger partial charge in [-0.05, 0) is 55.2 Å². The van der Waals surface area contributed by atoms with Gasteiger partial charge in [-0.15, -0.1) is 0 Å². The standard InChI is InChI=1S/C19H25FN2O3/c1-14(23)22-10-2-7-19(25,13-22)17(24)21-12-18(8-9-18)11-15-3-5-16(20)6-4-15/h3-6,25H,2,7-13H2,1H3,(H,21,24). The van der Waals surface area contributed by atoms with Crippen molar-refractivity contribution in [3.05, 3.63) is 35.6 Å². The highest BCUT2D eigenvalue weighted by Crippen LogP contribution is 2.47. The van der Waals surface area contributed by atoms with Crippen LogP contribution >= 0.6 is 0 Å². The third kappa shape index (κ3) is 4.18. The minimum absolute atomic E-state index is 0.00121. The van der Waals surface area contributed by atoms with Crippen molar-refractivity contribution in [1.82, 2.24) is 10.2 Å². The van der Waals surface area contributed by atoms with Crippen LogP contribution in [0, 0.1) is 11.2 Å². The van der Waals surface area contributed by atoms with Gasteiger partial charge in [0.1, 0.15) is 5.82 Å². The second-order valence-electron chi connectivity index (χ2n) is 7.56. The summed E-state index contributed by atoms with van der Waals surface area (Å²) in [5, 5.41) is 13.5. The molecule has 1 heterocycles. The summed E-state index contributed by atoms with van der Waals surface area (Å²) in [6.45, 7) is 2.58. The van der Waals surface area contributed by atoms with Crippen LogP contribution in [-0.4, -0.2) is 47.1 Å². The Balaban J connectivity index is 1.56. The van der Waals surface area contributed by atoms with Gasteiger partial charge in [0.2, 0.25) is 5.91 Å². The molecule has 0 bridgehead atoms. The van der Waals surface area contributed by atoms with Gasteiger partial charge < -0.3 is 15.3 Å². The van der Waals surface area contributed by atoms with Crippen LogP contribution in [0.1, 0.15) is 38.2 Å². The van der Waals surface area contributed by atoms with Gasteiger partial charge in [-0.1, -0.05) is 12.1 Å². The average molecular weight is 348 g/mol. The molecule has 2 fully saturated rings. The monoisotopic (exact) mass is 348 g/mol. The van der Waals surface area contributed by atoms with Crippen molar-refractivity contribution in [3.63, 3.8) is 0 Å². The molecule has 136 valence electrons. The lowest BCUT2D eigenvalue weighted by molar-refractivity contribution is -0.150. The first-order chi connectivity index (χ1) is 11.8. The molecule has 1 saturated heterocycles. The van der Waals surface area contributed by atoms with Crippen LogP contribution in [0.2, 0.25) is 0 Å². The molecule has 1 aromatic rings. The van der Waals surface area contributed by atoms with Gasteiger partial charge in [0.05, 0.1) is 6.54 Å². The van der Waals surface area contributed by atoms with Crippen LogP contribution in [-0.2, 0) is 16.0 Å². The lowest BCUT2D eigenvalue weighted by Crippen LogP contribution is -2.58. The lowest BCUT2D eigenvalue weighted by atomic mass is 9.91. The van der Waals surface area contributed by atoms with Crippen molar-refractivity contribution in [2.45, 2.75) is 44.6 Å². The first-order valence-corrected chi connectivity index (χ1v) is 8.83. The average Bonchev–Trinajstić information content (AvgIpc) is 3.35. The van der Waals surface area contributed by atoms with Crippen molar-refractivity contribution < 1.29 is 19.1 Å². The molecule has 25 heavy (non-hydrogen) atoms. The number of β-amino-alcohol motifs (C(OH)–C–C–N with tert-alkyl or cyclic N) is 1. The molecular formula is C19H25FN2O3. The number of halogens is 1. The summed E-state index contributed by atoms with van der Waals surface area (Å²) >= 11 is 0. The van der Waals surface area contributed by atoms with E-state index in [4.69, 9.17) is 0 Å². The Morgan fingerprint density at radius 1 is 1.24 bits per heavy atom. The third-order valence-electron chi connectivity index (χ3n) is 5.41. The minimum Gasteiger partial charge on any atom is -0.378 e. The van der Waals surface area contributed by atoms with Crippen molar-refractivity contribution in [1.29, 1.82) is 0 Å². The summed E-state index contributed by atoms with van der Waals surface area (Å²) in [6, 6.07) is 6.45. The zero-order chi connectivity index (χ0) is 18.1. The SMILES string of the molecule is CC(=O)N1CCCC(O)(C(=O)NCC2(Cc3ccc(F)cc3)CC2)C1. The highest BCUT2D eigenvalue weighted by atomic mass is 19.1. The van der Waals surface area contributed by atoms with Gasteiger partial charge in [0.25, 0.3) is 5.91 Å². The number of carbonyl (C=O) groups is 2. The maximum absolute atomic E-state index is 13.0. The Kier molecular flexibility index (Phi) is 4.82. The molecule has 6 heteroatoms. The van der Waals surface area contributed by atoms with Crippen LogP contribution < -0.4 is 5.32 Å². The van der Waals surface area contributed by atoms with E-state index in [-0.39, 0.29) is 23.7 Å². The number of benzene rings is 1. The topological polar surface area (TPSA) is 69.6 Å². The van der Waals surface area contributed by atoms with E-state index in [2.05, 4.69) is 5.32 Å². The molecular weight excluding hydrogens is 323 g/mol. The molecule has 1 aliphatic carbocycles. The summed E-state index contributed by atoms with van der Waals surface area (Å²) in [5.41, 5.74) is -0.457. The van der Waals surface area contributed by atoms with E-state index >= 15 is 0 Å². The largest absolute Gasteiger partial charge is 0.378 e. The Morgan fingerprint density at radius 3 is 2.52 bits per heavy atom. The molecule has 0 radical (unpaired) electrons. The van der Waals surface area contributed by atoms with Gasteiger partial charge in [0.15, 0.2) is 5.60 Å². The number of piperidine rings is 1. The fraction of sp³-hybridized carbons (Fsp3) is 0.579. The van der Waals surface area contributed by atoms with E-state index in [9.17, 15) is 19.1 Å². The van der Waals surface area contributed by atoms with Crippen molar-refractivity contribution in [2.24, 2.45) is 5.41 Å². The van der Waals surface area contributed by atoms with E-state index < -0.39 is 11.5 Å². The maximum Gasteiger partial charge on any atom is 0.253 e. The molecule has 0 aromatic heterocycles. The van der Waals surface area contributed by atoms with Crippen LogP contribution in [0.5, 0.6) is 0 Å². The van der Waals surface area contributed by atoms with Crippen LogP contribution in [0.15, 0.2) is 24.3 Å². The normalized spacial score (nSPS) is 24.7. The van der Waals surface area contributed by atoms with Crippen molar-refractivity contribution in [3.8, 4) is 0 Å². The zero-order valence-corrected chi connectivity index (χ0v) is 14.6. The fourth-order valence-electron chi connectivity index (χ4n) is 3.55. The van der Waals surface area contributed by atoms with E-state index in [1.807, 2.05) is 0 Å². The highest BCUT2D eigenvalue weighted by molar-refractivity contribution is 5.86. The molecule has 3 rings (SSSR count). The molecule has 2 aliphatic rings. The first kappa shape index (κ1) is 17.9. The predicted octanol–water partition coefficient (Wildman–Crippen LogP) is 1.64. The second kappa shape index (κ2) is 6.75. The number of nitrogens with zero attached hydrogens (tertiary/aromatic N) is 1. The van der Waals surface area contributed by atoms with Crippen LogP contribution in [0.25, 0.3) is 0 Å². The van der Waals surface area contributed by atoms with Crippen molar-refractivity contribution >= 4 is 11.8 Å². The summed E-state index contributed by atoms with van der Waals surface area (Å²) in [6.07, 6.45) is 3.77. The van der Waals surface area contributed by atoms with Crippen LogP contribution in [0.4, 0.5) is 4.39 Å². The molecule has 0 spiro atoms. The number of hydrogen-bond acceptors (Lipinski definition) is 3. The van der Waals surface area contributed by atoms with Gasteiger partial charge in [-0.3, -0.25) is 9.59 Å². The number of aliphatic hydroxyl groups is 1. The number of carbonyl (C=O) groups excluding carboxylic acids is 2. The zero-order valence-electron chi connectivity index (χ0n) is 14.6. The smallest absolute Gasteiger partial charge is 0.253 e. The number of rotatable bonds is 5. The molecule has 5 nitrogen and oxygen atoms in total. The first-order valence-electron chi connectivity index (χ1n) is 8.83. The Labute approximate surface area is 147 Å². The molecule has 2 N–H and O–H groups in total. The predicted molar refractivity (Wildman–Crippen MR) is 91.2 cm³/mol. The lowest BCUT2D eigenvalue weighted by Gasteiger charge is -2.37. The van der Waals surface area contributed by atoms with E-state index in [1.165, 1.54) is 24.0 Å². The van der Waals surface area contributed by atoms with Gasteiger partial charge in [0, 0.05) is 20.0 Å². The maximum atomic E-state index is 13.0. The molecule has 2 amide bonds. The Hall–Kier alpha value is -1.95. The van der Waals surface area contributed by atoms with E-state index in [0.29, 0.717) is 25.9 Å². The highest BCUT2D eigenvalue weighted by Gasteiger charge is 2.45. The summed E-state index contributed by atoms with van der Waals surface area (Å²) in [5.74, 6) is -0.777. The molecule has 1 aromatic carbocycles. The number of amides is 2. The second-order valence-corrected chi connectivity index (χ2v) is 7.56. The van der Waals surface area contributed by atoms with Gasteiger partial charge in [-0.25, -0.2) is 4.39 Å². The third-order valence-corrected chi connectivity index (χ3v) is 5.41. The summed E-state index contributed by atoms with van der Waals surface area (Å²) < 4.78 is 13.0. The fourth-order valence-corrected chi connectivity index (χ4v) is 3.55. The molecule has 1 aliphatic heterocycles. The number of hydrogen-bond donors (Lipinski definition) is 2. The number of likely N-dealkylation sites (tertiary alicyclic amines) is 1. The molecule has 1 atom stereocenters. The summed E-state index contributed by atoms with van der Waals surface area (Å²) in [7, 11) is 0. The molecule has 1 unspecified atom stereocenters. The summed E-state index contributed by atoms with van der Waals surface area (Å²) in [4.78, 5) is 25.6. The van der Waals surface area contributed by atoms with Gasteiger partial charge in [-0.2, -0.15) is 0 Å². The van der Waals surface area contributed by atoms with Gasteiger partial charge >= 0.3 is 0 Å². The number of nitrogens with one attached hydrogen (secondary N) is 1. The quantitative estimate of drug-likeness (QED) is 0.850.